The average Bonchev–Trinajstić information content (AvgIpc) is 2.32. The van der Waals surface area contributed by atoms with Gasteiger partial charge in [0, 0.05) is 6.54 Å². The summed E-state index contributed by atoms with van der Waals surface area (Å²) >= 11 is 11.7. The first-order valence-corrected chi connectivity index (χ1v) is 7.96. The number of rotatable bonds is 5. The Morgan fingerprint density at radius 1 is 1.35 bits per heavy atom. The number of nitrogens with zero attached hydrogens (tertiary/aromatic N) is 1. The first-order valence-electron chi connectivity index (χ1n) is 5.77. The fourth-order valence-electron chi connectivity index (χ4n) is 1.77. The predicted molar refractivity (Wildman–Crippen MR) is 77.7 cm³/mol. The summed E-state index contributed by atoms with van der Waals surface area (Å²) in [6.07, 6.45) is 0. The molecule has 1 rings (SSSR count). The molecule has 0 aliphatic carbocycles. The number of halogens is 2. The number of carboxylic acids is 1. The highest BCUT2D eigenvalue weighted by molar-refractivity contribution is 7.89. The van der Waals surface area contributed by atoms with Crippen molar-refractivity contribution < 1.29 is 18.3 Å². The van der Waals surface area contributed by atoms with Gasteiger partial charge in [-0.25, -0.2) is 8.42 Å². The van der Waals surface area contributed by atoms with Crippen LogP contribution in [0.2, 0.25) is 10.0 Å². The zero-order chi connectivity index (χ0) is 15.7. The lowest BCUT2D eigenvalue weighted by molar-refractivity contribution is -0.146. The summed E-state index contributed by atoms with van der Waals surface area (Å²) < 4.78 is 26.1. The molecular weight excluding hydrogens is 325 g/mol. The van der Waals surface area contributed by atoms with Gasteiger partial charge in [-0.05, 0) is 26.0 Å². The molecule has 0 fully saturated rings. The Morgan fingerprint density at radius 2 is 1.90 bits per heavy atom. The van der Waals surface area contributed by atoms with E-state index in [0.717, 1.165) is 4.31 Å². The van der Waals surface area contributed by atoms with Crippen molar-refractivity contribution in [2.75, 3.05) is 6.54 Å². The van der Waals surface area contributed by atoms with E-state index in [2.05, 4.69) is 0 Å². The third-order valence-electron chi connectivity index (χ3n) is 2.92. The molecule has 0 bridgehead atoms. The highest BCUT2D eigenvalue weighted by Crippen LogP contribution is 2.33. The maximum absolute atomic E-state index is 12.6. The molecule has 0 aliphatic rings. The lowest BCUT2D eigenvalue weighted by Gasteiger charge is -2.33. The molecule has 0 saturated heterocycles. The van der Waals surface area contributed by atoms with Gasteiger partial charge in [0.2, 0.25) is 10.0 Å². The van der Waals surface area contributed by atoms with Crippen LogP contribution < -0.4 is 0 Å². The van der Waals surface area contributed by atoms with Gasteiger partial charge in [0.1, 0.15) is 10.4 Å². The molecule has 0 radical (unpaired) electrons. The molecule has 0 amide bonds. The van der Waals surface area contributed by atoms with Crippen LogP contribution in [-0.2, 0) is 14.8 Å². The van der Waals surface area contributed by atoms with Crippen LogP contribution in [0.1, 0.15) is 20.8 Å². The van der Waals surface area contributed by atoms with E-state index in [1.54, 1.807) is 6.92 Å². The second-order valence-corrected chi connectivity index (χ2v) is 7.20. The van der Waals surface area contributed by atoms with E-state index in [0.29, 0.717) is 0 Å². The van der Waals surface area contributed by atoms with Crippen LogP contribution >= 0.6 is 23.2 Å². The molecule has 0 aliphatic heterocycles. The molecule has 20 heavy (non-hydrogen) atoms. The minimum Gasteiger partial charge on any atom is -0.480 e. The highest BCUT2D eigenvalue weighted by atomic mass is 35.5. The number of hydrogen-bond donors (Lipinski definition) is 1. The van der Waals surface area contributed by atoms with Crippen molar-refractivity contribution in [2.24, 2.45) is 0 Å². The van der Waals surface area contributed by atoms with Crippen molar-refractivity contribution in [3.8, 4) is 0 Å². The molecule has 0 saturated carbocycles. The Kier molecular flexibility index (Phi) is 5.08. The number of carbonyl (C=O) groups is 1. The minimum atomic E-state index is -4.07. The third-order valence-corrected chi connectivity index (χ3v) is 6.04. The summed E-state index contributed by atoms with van der Waals surface area (Å²) in [6, 6.07) is 4.20. The molecule has 0 atom stereocenters. The molecule has 0 spiro atoms. The summed E-state index contributed by atoms with van der Waals surface area (Å²) in [5.74, 6) is -1.25. The molecule has 5 nitrogen and oxygen atoms in total. The van der Waals surface area contributed by atoms with Crippen LogP contribution in [0.3, 0.4) is 0 Å². The van der Waals surface area contributed by atoms with E-state index in [1.807, 2.05) is 0 Å². The van der Waals surface area contributed by atoms with Gasteiger partial charge in [0.25, 0.3) is 0 Å². The first-order chi connectivity index (χ1) is 9.06. The molecule has 1 aromatic rings. The van der Waals surface area contributed by atoms with E-state index >= 15 is 0 Å². The quantitative estimate of drug-likeness (QED) is 0.894. The Labute approximate surface area is 128 Å². The summed E-state index contributed by atoms with van der Waals surface area (Å²) in [4.78, 5) is 11.1. The number of sulfonamides is 1. The number of hydrogen-bond acceptors (Lipinski definition) is 3. The summed E-state index contributed by atoms with van der Waals surface area (Å²) in [5, 5.41) is 9.19. The van der Waals surface area contributed by atoms with Gasteiger partial charge in [-0.3, -0.25) is 4.79 Å². The third kappa shape index (κ3) is 2.93. The molecule has 1 N–H and O–H groups in total. The van der Waals surface area contributed by atoms with Crippen molar-refractivity contribution in [1.82, 2.24) is 4.31 Å². The largest absolute Gasteiger partial charge is 0.480 e. The molecular formula is C12H15Cl2NO4S. The van der Waals surface area contributed by atoms with E-state index < -0.39 is 21.5 Å². The van der Waals surface area contributed by atoms with Crippen LogP contribution in [-0.4, -0.2) is 35.9 Å². The molecule has 0 heterocycles. The molecule has 0 unspecified atom stereocenters. The normalized spacial score (nSPS) is 12.7. The monoisotopic (exact) mass is 339 g/mol. The average molecular weight is 340 g/mol. The summed E-state index contributed by atoms with van der Waals surface area (Å²) in [6.45, 7) is 4.18. The minimum absolute atomic E-state index is 0.00945. The topological polar surface area (TPSA) is 74.7 Å². The maximum atomic E-state index is 12.6. The highest BCUT2D eigenvalue weighted by Gasteiger charge is 2.42. The van der Waals surface area contributed by atoms with Crippen molar-refractivity contribution in [3.63, 3.8) is 0 Å². The van der Waals surface area contributed by atoms with Crippen molar-refractivity contribution in [2.45, 2.75) is 31.2 Å². The molecule has 1 aromatic carbocycles. The van der Waals surface area contributed by atoms with E-state index in [1.165, 1.54) is 32.0 Å². The van der Waals surface area contributed by atoms with Gasteiger partial charge in [-0.1, -0.05) is 36.2 Å². The standard InChI is InChI=1S/C12H15Cl2NO4S/c1-4-15(12(2,3)11(16)17)20(18,19)9-7-5-6-8(13)10(9)14/h5-7H,4H2,1-3H3,(H,16,17). The van der Waals surface area contributed by atoms with Crippen molar-refractivity contribution in [1.29, 1.82) is 0 Å². The number of carboxylic acid groups (broad SMARTS) is 1. The van der Waals surface area contributed by atoms with E-state index in [4.69, 9.17) is 23.2 Å². The molecule has 112 valence electrons. The fraction of sp³-hybridized carbons (Fsp3) is 0.417. The Morgan fingerprint density at radius 3 is 2.35 bits per heavy atom. The lowest BCUT2D eigenvalue weighted by Crippen LogP contribution is -2.52. The van der Waals surface area contributed by atoms with Crippen LogP contribution in [0, 0.1) is 0 Å². The van der Waals surface area contributed by atoms with E-state index in [-0.39, 0.29) is 21.5 Å². The fourth-order valence-corrected chi connectivity index (χ4v) is 4.27. The maximum Gasteiger partial charge on any atom is 0.324 e. The zero-order valence-electron chi connectivity index (χ0n) is 11.2. The van der Waals surface area contributed by atoms with Gasteiger partial charge in [0.15, 0.2) is 0 Å². The second-order valence-electron chi connectivity index (χ2n) is 4.59. The zero-order valence-corrected chi connectivity index (χ0v) is 13.6. The SMILES string of the molecule is CCN(C(C)(C)C(=O)O)S(=O)(=O)c1cccc(Cl)c1Cl. The summed E-state index contributed by atoms with van der Waals surface area (Å²) in [5.41, 5.74) is -1.60. The number of aliphatic carboxylic acids is 1. The van der Waals surface area contributed by atoms with Crippen LogP contribution in [0.5, 0.6) is 0 Å². The van der Waals surface area contributed by atoms with Crippen molar-refractivity contribution in [3.05, 3.63) is 28.2 Å². The Balaban J connectivity index is 3.48. The van der Waals surface area contributed by atoms with Gasteiger partial charge in [-0.2, -0.15) is 4.31 Å². The Bertz CT molecular complexity index is 628. The summed E-state index contributed by atoms with van der Waals surface area (Å²) in [7, 11) is -4.07. The van der Waals surface area contributed by atoms with Gasteiger partial charge < -0.3 is 5.11 Å². The number of benzene rings is 1. The van der Waals surface area contributed by atoms with Gasteiger partial charge in [0.05, 0.1) is 10.0 Å². The number of likely N-dealkylation sites (N-methyl/N-ethyl adjacent to an activating group) is 1. The van der Waals surface area contributed by atoms with Crippen LogP contribution in [0.4, 0.5) is 0 Å². The van der Waals surface area contributed by atoms with Gasteiger partial charge >= 0.3 is 5.97 Å². The van der Waals surface area contributed by atoms with E-state index in [9.17, 15) is 18.3 Å². The predicted octanol–water partition coefficient (Wildman–Crippen LogP) is 2.87. The van der Waals surface area contributed by atoms with Crippen LogP contribution in [0.15, 0.2) is 23.1 Å². The lowest BCUT2D eigenvalue weighted by atomic mass is 10.1. The first kappa shape index (κ1) is 17.2. The molecule has 0 aromatic heterocycles. The van der Waals surface area contributed by atoms with Crippen molar-refractivity contribution >= 4 is 39.2 Å². The van der Waals surface area contributed by atoms with Gasteiger partial charge in [-0.15, -0.1) is 0 Å². The Hall–Kier alpha value is -0.820. The van der Waals surface area contributed by atoms with Crippen LogP contribution in [0.25, 0.3) is 0 Å². The smallest absolute Gasteiger partial charge is 0.324 e. The molecule has 8 heteroatoms. The second kappa shape index (κ2) is 5.89.